The van der Waals surface area contributed by atoms with Crippen molar-refractivity contribution in [2.45, 2.75) is 115 Å². The molecule has 6 aromatic rings. The van der Waals surface area contributed by atoms with Gasteiger partial charge >= 0.3 is 5.97 Å². The molecule has 0 saturated heterocycles. The van der Waals surface area contributed by atoms with Gasteiger partial charge in [0.1, 0.15) is 34.7 Å². The summed E-state index contributed by atoms with van der Waals surface area (Å²) < 4.78 is 85.9. The lowest BCUT2D eigenvalue weighted by Gasteiger charge is -2.38. The average Bonchev–Trinajstić information content (AvgIpc) is 3.95. The zero-order chi connectivity index (χ0) is 51.0. The maximum Gasteiger partial charge on any atom is 0.338 e. The summed E-state index contributed by atoms with van der Waals surface area (Å²) in [5, 5.41) is 34.5. The molecule has 4 aromatic heterocycles. The van der Waals surface area contributed by atoms with E-state index in [2.05, 4.69) is 46.3 Å². The first-order chi connectivity index (χ1) is 32.1. The van der Waals surface area contributed by atoms with Gasteiger partial charge in [0.05, 0.1) is 33.0 Å². The Morgan fingerprint density at radius 1 is 0.681 bits per heavy atom. The van der Waals surface area contributed by atoms with E-state index in [0.717, 1.165) is 24.3 Å². The minimum absolute atomic E-state index is 0.00995. The smallest absolute Gasteiger partial charge is 0.338 e. The Hall–Kier alpha value is -6.70. The van der Waals surface area contributed by atoms with E-state index in [4.69, 9.17) is 10.8 Å². The van der Waals surface area contributed by atoms with Gasteiger partial charge in [-0.1, -0.05) is 12.1 Å². The summed E-state index contributed by atoms with van der Waals surface area (Å²) in [6.07, 6.45) is 0.724. The monoisotopic (exact) mass is 992 g/mol. The van der Waals surface area contributed by atoms with Crippen LogP contribution < -0.4 is 11.1 Å². The number of nitrogens with two attached hydrogens (primary N) is 1. The molecule has 0 unspecified atom stereocenters. The molecule has 0 radical (unpaired) electrons. The van der Waals surface area contributed by atoms with E-state index >= 15 is 0 Å². The Bertz CT molecular complexity index is 3130. The highest BCUT2D eigenvalue weighted by Crippen LogP contribution is 2.35. The number of fused-ring (bicyclic) bond motifs is 2. The van der Waals surface area contributed by atoms with Crippen molar-refractivity contribution in [2.75, 3.05) is 24.1 Å². The normalized spacial score (nSPS) is 15.6. The van der Waals surface area contributed by atoms with Crippen LogP contribution >= 0.6 is 0 Å². The van der Waals surface area contributed by atoms with Crippen LogP contribution in [0.4, 0.5) is 20.4 Å². The fraction of sp³-hybridized carbons (Fsp3) is 0.409. The third-order valence-electron chi connectivity index (χ3n) is 10.8. The summed E-state index contributed by atoms with van der Waals surface area (Å²) in [6, 6.07) is 14.6. The number of aromatic nitrogens is 10. The first-order valence-corrected chi connectivity index (χ1v) is 24.5. The molecule has 0 saturated carbocycles. The second kappa shape index (κ2) is 19.7. The van der Waals surface area contributed by atoms with Gasteiger partial charge in [0, 0.05) is 24.2 Å². The fourth-order valence-electron chi connectivity index (χ4n) is 7.52. The van der Waals surface area contributed by atoms with Gasteiger partial charge in [0.25, 0.3) is 5.91 Å². The van der Waals surface area contributed by atoms with Crippen molar-refractivity contribution in [3.8, 4) is 23.0 Å². The molecule has 1 amide bonds. The van der Waals surface area contributed by atoms with Crippen molar-refractivity contribution in [3.05, 3.63) is 94.6 Å². The van der Waals surface area contributed by atoms with E-state index in [-0.39, 0.29) is 46.3 Å². The quantitative estimate of drug-likeness (QED) is 0.170. The van der Waals surface area contributed by atoms with Crippen LogP contribution in [0, 0.1) is 11.6 Å². The Kier molecular flexibility index (Phi) is 14.8. The molecular weight excluding hydrogens is 939 g/mol. The standard InChI is InChI=1S/C22H26FN7O3S.C13H16FNO4S.C9H12N6/c1-13(2)30-20(26-27-28-30)17-7-6-8-19(24-17)25-21(31)15-12-18-14(11-16(15)23)9-10-29(22(3,4)5)34(18,32)33;1-13(2,3)15-5-4-8-6-10(14)9(12(16)17)7-11(8)20(15,18)19;1-6(2)15-9(12-13-14-15)7-4-3-5-8(10)11-7/h6-8,11-13H,9-10H2,1-5H3,(H,24,25,31);6-7H,4-5H2,1-3H3,(H,16,17);3-6H,1-2H3,(H2,10,11). The zero-order valence-electron chi connectivity index (χ0n) is 39.7. The molecule has 2 aromatic carbocycles. The average molecular weight is 993 g/mol. The summed E-state index contributed by atoms with van der Waals surface area (Å²) in [6.45, 7) is 19.0. The zero-order valence-corrected chi connectivity index (χ0v) is 41.3. The number of sulfonamides is 2. The molecular formula is C44H54F2N14O7S2. The molecule has 2 aliphatic rings. The predicted molar refractivity (Wildman–Crippen MR) is 250 cm³/mol. The number of nitrogen functional groups attached to an aromatic ring is 1. The summed E-state index contributed by atoms with van der Waals surface area (Å²) in [7, 11) is -7.70. The van der Waals surface area contributed by atoms with Crippen molar-refractivity contribution in [1.29, 1.82) is 0 Å². The highest BCUT2D eigenvalue weighted by atomic mass is 32.2. The number of benzene rings is 2. The number of halogens is 2. The molecule has 8 rings (SSSR count). The lowest BCUT2D eigenvalue weighted by Crippen LogP contribution is -2.49. The second-order valence-corrected chi connectivity index (χ2v) is 22.2. The van der Waals surface area contributed by atoms with Crippen LogP contribution in [0.25, 0.3) is 23.0 Å². The van der Waals surface area contributed by atoms with Crippen molar-refractivity contribution in [1.82, 2.24) is 59.0 Å². The number of carboxylic acid groups (broad SMARTS) is 1. The minimum Gasteiger partial charge on any atom is -0.478 e. The van der Waals surface area contributed by atoms with E-state index < -0.39 is 60.2 Å². The number of amides is 1. The van der Waals surface area contributed by atoms with Gasteiger partial charge < -0.3 is 16.2 Å². The van der Waals surface area contributed by atoms with E-state index in [1.807, 2.05) is 39.8 Å². The molecule has 0 fully saturated rings. The number of anilines is 2. The first kappa shape index (κ1) is 51.7. The van der Waals surface area contributed by atoms with Crippen LogP contribution in [0.5, 0.6) is 0 Å². The Labute approximate surface area is 398 Å². The van der Waals surface area contributed by atoms with Crippen LogP contribution in [-0.2, 0) is 32.9 Å². The van der Waals surface area contributed by atoms with Crippen molar-refractivity contribution in [3.63, 3.8) is 0 Å². The molecule has 69 heavy (non-hydrogen) atoms. The maximum absolute atomic E-state index is 14.8. The Morgan fingerprint density at radius 2 is 1.12 bits per heavy atom. The Morgan fingerprint density at radius 3 is 1.55 bits per heavy atom. The number of tetrazole rings is 2. The van der Waals surface area contributed by atoms with E-state index in [1.165, 1.54) is 8.61 Å². The lowest BCUT2D eigenvalue weighted by molar-refractivity contribution is 0.0691. The fourth-order valence-corrected chi connectivity index (χ4v) is 11.6. The topological polar surface area (TPSA) is 280 Å². The highest BCUT2D eigenvalue weighted by molar-refractivity contribution is 7.89. The second-order valence-electron chi connectivity index (χ2n) is 18.6. The molecule has 0 bridgehead atoms. The van der Waals surface area contributed by atoms with Crippen molar-refractivity contribution in [2.24, 2.45) is 0 Å². The van der Waals surface area contributed by atoms with Crippen molar-refractivity contribution < 1.29 is 40.3 Å². The van der Waals surface area contributed by atoms with Crippen LogP contribution in [0.15, 0.2) is 70.5 Å². The molecule has 0 aliphatic carbocycles. The van der Waals surface area contributed by atoms with Gasteiger partial charge in [0.2, 0.25) is 31.7 Å². The Balaban J connectivity index is 0.000000188. The lowest BCUT2D eigenvalue weighted by atomic mass is 10.0. The highest BCUT2D eigenvalue weighted by Gasteiger charge is 2.41. The van der Waals surface area contributed by atoms with Gasteiger partial charge in [-0.2, -0.15) is 8.61 Å². The molecule has 25 heteroatoms. The largest absolute Gasteiger partial charge is 0.478 e. The molecule has 0 atom stereocenters. The molecule has 368 valence electrons. The number of nitrogens with one attached hydrogen (secondary N) is 1. The molecule has 2 aliphatic heterocycles. The van der Waals surface area contributed by atoms with Gasteiger partial charge in [-0.05, 0) is 163 Å². The number of carbonyl (C=O) groups excluding carboxylic acids is 1. The maximum atomic E-state index is 14.8. The number of nitrogens with zero attached hydrogens (tertiary/aromatic N) is 12. The third-order valence-corrected chi connectivity index (χ3v) is 15.3. The van der Waals surface area contributed by atoms with E-state index in [1.54, 1.807) is 75.2 Å². The number of hydrogen-bond donors (Lipinski definition) is 3. The summed E-state index contributed by atoms with van der Waals surface area (Å²) in [5.74, 6) is -2.32. The SMILES string of the molecule is CC(C)(C)N1CCc2cc(F)c(C(=O)O)cc2S1(=O)=O.CC(C)n1nnnc1-c1cccc(N)n1.CC(C)n1nnnc1-c1cccc(NC(=O)c2cc3c(cc2F)CCN(C(C)(C)C)S3(=O)=O)n1. The van der Waals surface area contributed by atoms with Crippen LogP contribution in [0.2, 0.25) is 0 Å². The summed E-state index contributed by atoms with van der Waals surface area (Å²) in [4.78, 5) is 32.3. The van der Waals surface area contributed by atoms with Gasteiger partial charge in [-0.3, -0.25) is 4.79 Å². The van der Waals surface area contributed by atoms with Gasteiger partial charge in [-0.25, -0.2) is 49.7 Å². The number of aromatic carboxylic acids is 1. The number of carboxylic acids is 1. The minimum atomic E-state index is -3.89. The molecule has 21 nitrogen and oxygen atoms in total. The predicted octanol–water partition coefficient (Wildman–Crippen LogP) is 5.82. The number of pyridine rings is 2. The first-order valence-electron chi connectivity index (χ1n) is 21.6. The van der Waals surface area contributed by atoms with Crippen molar-refractivity contribution >= 4 is 43.6 Å². The molecule has 6 heterocycles. The van der Waals surface area contributed by atoms with Crippen LogP contribution in [0.3, 0.4) is 0 Å². The van der Waals surface area contributed by atoms with E-state index in [9.17, 15) is 35.2 Å². The van der Waals surface area contributed by atoms with Crippen LogP contribution in [0.1, 0.15) is 113 Å². The number of carbonyl (C=O) groups is 2. The van der Waals surface area contributed by atoms with E-state index in [0.29, 0.717) is 52.8 Å². The third kappa shape index (κ3) is 11.1. The van der Waals surface area contributed by atoms with Gasteiger partial charge in [-0.15, -0.1) is 10.2 Å². The van der Waals surface area contributed by atoms with Gasteiger partial charge in [0.15, 0.2) is 0 Å². The van der Waals surface area contributed by atoms with Crippen LogP contribution in [-0.4, -0.2) is 117 Å². The summed E-state index contributed by atoms with van der Waals surface area (Å²) >= 11 is 0. The summed E-state index contributed by atoms with van der Waals surface area (Å²) in [5.41, 5.74) is 5.13. The molecule has 4 N–H and O–H groups in total. The molecule has 0 spiro atoms. The number of hydrogen-bond acceptors (Lipinski definition) is 15. The number of rotatable bonds is 7.